The van der Waals surface area contributed by atoms with Crippen LogP contribution in [0.2, 0.25) is 0 Å². The van der Waals surface area contributed by atoms with E-state index in [0.717, 1.165) is 38.9 Å². The lowest BCUT2D eigenvalue weighted by atomic mass is 9.76. The second-order valence-corrected chi connectivity index (χ2v) is 5.45. The van der Waals surface area contributed by atoms with Crippen molar-refractivity contribution in [2.24, 2.45) is 11.7 Å². The van der Waals surface area contributed by atoms with Crippen LogP contribution in [0.1, 0.15) is 51.4 Å². The van der Waals surface area contributed by atoms with E-state index in [1.807, 2.05) is 0 Å². The van der Waals surface area contributed by atoms with Crippen LogP contribution in [0.15, 0.2) is 0 Å². The van der Waals surface area contributed by atoms with E-state index in [4.69, 9.17) is 10.5 Å². The van der Waals surface area contributed by atoms with Crippen molar-refractivity contribution in [1.29, 1.82) is 0 Å². The zero-order valence-electron chi connectivity index (χ0n) is 10.0. The van der Waals surface area contributed by atoms with Crippen LogP contribution in [-0.2, 0) is 9.53 Å². The van der Waals surface area contributed by atoms with Crippen molar-refractivity contribution in [2.75, 3.05) is 13.2 Å². The number of nitrogens with two attached hydrogens (primary N) is 1. The fourth-order valence-electron chi connectivity index (χ4n) is 2.94. The summed E-state index contributed by atoms with van der Waals surface area (Å²) in [6, 6.07) is 0. The first-order valence-electron chi connectivity index (χ1n) is 6.59. The molecule has 16 heavy (non-hydrogen) atoms. The molecule has 1 saturated heterocycles. The summed E-state index contributed by atoms with van der Waals surface area (Å²) in [5, 5.41) is 0. The van der Waals surface area contributed by atoms with Gasteiger partial charge < -0.3 is 10.5 Å². The number of carbonyl (C=O) groups is 1. The first kappa shape index (κ1) is 12.1. The molecule has 0 aromatic rings. The van der Waals surface area contributed by atoms with Gasteiger partial charge in [0.15, 0.2) is 0 Å². The minimum Gasteiger partial charge on any atom is -0.381 e. The molecule has 1 aliphatic heterocycles. The van der Waals surface area contributed by atoms with Crippen molar-refractivity contribution >= 4 is 5.78 Å². The molecule has 0 aromatic heterocycles. The Hall–Kier alpha value is -0.410. The number of hydrogen-bond acceptors (Lipinski definition) is 3. The summed E-state index contributed by atoms with van der Waals surface area (Å²) in [5.41, 5.74) is 6.13. The Morgan fingerprint density at radius 3 is 2.44 bits per heavy atom. The average molecular weight is 225 g/mol. The third-order valence-corrected chi connectivity index (χ3v) is 4.05. The lowest BCUT2D eigenvalue weighted by molar-refractivity contribution is -0.127. The third-order valence-electron chi connectivity index (χ3n) is 4.05. The van der Waals surface area contributed by atoms with Gasteiger partial charge in [-0.25, -0.2) is 0 Å². The molecular formula is C13H23NO2. The first-order valence-corrected chi connectivity index (χ1v) is 6.59. The maximum atomic E-state index is 12.1. The van der Waals surface area contributed by atoms with Gasteiger partial charge in [0, 0.05) is 31.1 Å². The molecule has 1 saturated carbocycles. The topological polar surface area (TPSA) is 52.3 Å². The van der Waals surface area contributed by atoms with Gasteiger partial charge in [-0.3, -0.25) is 4.79 Å². The molecule has 2 N–H and O–H groups in total. The Morgan fingerprint density at radius 2 is 1.81 bits per heavy atom. The smallest absolute Gasteiger partial charge is 0.137 e. The Bertz CT molecular complexity index is 240. The van der Waals surface area contributed by atoms with Gasteiger partial charge in [0.2, 0.25) is 0 Å². The Morgan fingerprint density at radius 1 is 1.19 bits per heavy atom. The molecule has 0 amide bonds. The number of ether oxygens (including phenoxy) is 1. The molecule has 2 aliphatic rings. The maximum absolute atomic E-state index is 12.1. The van der Waals surface area contributed by atoms with Crippen LogP contribution in [-0.4, -0.2) is 24.5 Å². The molecule has 3 heteroatoms. The molecule has 0 aromatic carbocycles. The van der Waals surface area contributed by atoms with Crippen molar-refractivity contribution in [3.63, 3.8) is 0 Å². The van der Waals surface area contributed by atoms with Gasteiger partial charge in [-0.1, -0.05) is 19.3 Å². The minimum atomic E-state index is -0.187. The predicted molar refractivity (Wildman–Crippen MR) is 63.2 cm³/mol. The standard InChI is InChI=1S/C13H23NO2/c14-13(6-2-1-3-7-13)10-12(15)11-4-8-16-9-5-11/h11H,1-10,14H2. The fourth-order valence-corrected chi connectivity index (χ4v) is 2.94. The highest BCUT2D eigenvalue weighted by Gasteiger charge is 2.32. The zero-order chi connectivity index (χ0) is 11.4. The molecule has 92 valence electrons. The summed E-state index contributed by atoms with van der Waals surface area (Å²) < 4.78 is 5.28. The van der Waals surface area contributed by atoms with E-state index in [1.165, 1.54) is 19.3 Å². The van der Waals surface area contributed by atoms with Gasteiger partial charge in [-0.2, -0.15) is 0 Å². The molecule has 0 spiro atoms. The van der Waals surface area contributed by atoms with Crippen molar-refractivity contribution in [2.45, 2.75) is 56.9 Å². The van der Waals surface area contributed by atoms with E-state index in [2.05, 4.69) is 0 Å². The monoisotopic (exact) mass is 225 g/mol. The van der Waals surface area contributed by atoms with Crippen molar-refractivity contribution in [3.05, 3.63) is 0 Å². The molecule has 0 bridgehead atoms. The summed E-state index contributed by atoms with van der Waals surface area (Å²) in [7, 11) is 0. The lowest BCUT2D eigenvalue weighted by Gasteiger charge is -2.34. The van der Waals surface area contributed by atoms with Crippen LogP contribution in [0.5, 0.6) is 0 Å². The predicted octanol–water partition coefficient (Wildman–Crippen LogP) is 2.03. The summed E-state index contributed by atoms with van der Waals surface area (Å²) in [6.45, 7) is 1.49. The molecule has 0 unspecified atom stereocenters. The van der Waals surface area contributed by atoms with Crippen molar-refractivity contribution < 1.29 is 9.53 Å². The lowest BCUT2D eigenvalue weighted by Crippen LogP contribution is -2.45. The number of carbonyl (C=O) groups excluding carboxylic acids is 1. The number of rotatable bonds is 3. The van der Waals surface area contributed by atoms with Crippen molar-refractivity contribution in [1.82, 2.24) is 0 Å². The Balaban J connectivity index is 1.85. The third kappa shape index (κ3) is 3.05. The van der Waals surface area contributed by atoms with Crippen molar-refractivity contribution in [3.8, 4) is 0 Å². The molecular weight excluding hydrogens is 202 g/mol. The summed E-state index contributed by atoms with van der Waals surface area (Å²) in [6.07, 6.45) is 8.12. The van der Waals surface area contributed by atoms with Gasteiger partial charge in [0.05, 0.1) is 0 Å². The maximum Gasteiger partial charge on any atom is 0.137 e. The van der Waals surface area contributed by atoms with Gasteiger partial charge in [0.25, 0.3) is 0 Å². The van der Waals surface area contributed by atoms with E-state index >= 15 is 0 Å². The first-order chi connectivity index (χ1) is 7.70. The van der Waals surface area contributed by atoms with Crippen LogP contribution in [0.3, 0.4) is 0 Å². The summed E-state index contributed by atoms with van der Waals surface area (Å²) >= 11 is 0. The van der Waals surface area contributed by atoms with Gasteiger partial charge >= 0.3 is 0 Å². The Kier molecular flexibility index (Phi) is 3.98. The highest BCUT2D eigenvalue weighted by Crippen LogP contribution is 2.31. The van der Waals surface area contributed by atoms with E-state index < -0.39 is 0 Å². The van der Waals surface area contributed by atoms with E-state index in [1.54, 1.807) is 0 Å². The Labute approximate surface area is 97.7 Å². The van der Waals surface area contributed by atoms with Crippen LogP contribution in [0.25, 0.3) is 0 Å². The van der Waals surface area contributed by atoms with E-state index in [-0.39, 0.29) is 11.5 Å². The molecule has 2 fully saturated rings. The van der Waals surface area contributed by atoms with Crippen LogP contribution < -0.4 is 5.73 Å². The van der Waals surface area contributed by atoms with Crippen LogP contribution in [0.4, 0.5) is 0 Å². The van der Waals surface area contributed by atoms with E-state index in [9.17, 15) is 4.79 Å². The second kappa shape index (κ2) is 5.28. The highest BCUT2D eigenvalue weighted by atomic mass is 16.5. The molecule has 3 nitrogen and oxygen atoms in total. The largest absolute Gasteiger partial charge is 0.381 e. The normalized spacial score (nSPS) is 26.6. The molecule has 2 rings (SSSR count). The molecule has 1 heterocycles. The summed E-state index contributed by atoms with van der Waals surface area (Å²) in [4.78, 5) is 12.1. The number of hydrogen-bond donors (Lipinski definition) is 1. The number of ketones is 1. The van der Waals surface area contributed by atoms with Gasteiger partial charge in [0.1, 0.15) is 5.78 Å². The van der Waals surface area contributed by atoms with E-state index in [0.29, 0.717) is 12.2 Å². The summed E-state index contributed by atoms with van der Waals surface area (Å²) in [5.74, 6) is 0.601. The highest BCUT2D eigenvalue weighted by molar-refractivity contribution is 5.82. The average Bonchev–Trinajstić information content (AvgIpc) is 2.30. The SMILES string of the molecule is NC1(CC(=O)C2CCOCC2)CCCCC1. The fraction of sp³-hybridized carbons (Fsp3) is 0.923. The quantitative estimate of drug-likeness (QED) is 0.799. The zero-order valence-corrected chi connectivity index (χ0v) is 10.0. The molecule has 0 radical (unpaired) electrons. The number of Topliss-reactive ketones (excluding diaryl/α,β-unsaturated/α-hetero) is 1. The van der Waals surface area contributed by atoms with Crippen LogP contribution in [0, 0.1) is 5.92 Å². The molecule has 0 atom stereocenters. The second-order valence-electron chi connectivity index (χ2n) is 5.45. The van der Waals surface area contributed by atoms with Gasteiger partial charge in [-0.05, 0) is 25.7 Å². The van der Waals surface area contributed by atoms with Crippen LogP contribution >= 0.6 is 0 Å². The molecule has 1 aliphatic carbocycles. The van der Waals surface area contributed by atoms with Gasteiger partial charge in [-0.15, -0.1) is 0 Å². The minimum absolute atomic E-state index is 0.187.